The lowest BCUT2D eigenvalue weighted by Gasteiger charge is -2.20. The Labute approximate surface area is 166 Å². The Kier molecular flexibility index (Phi) is 4.83. The van der Waals surface area contributed by atoms with Crippen LogP contribution in [0.2, 0.25) is 0 Å². The van der Waals surface area contributed by atoms with Crippen LogP contribution >= 0.6 is 11.3 Å². The first-order valence-corrected chi connectivity index (χ1v) is 9.54. The number of rotatable bonds is 4. The number of nitrogens with zero attached hydrogens (tertiary/aromatic N) is 4. The lowest BCUT2D eigenvalue weighted by atomic mass is 10.1. The van der Waals surface area contributed by atoms with Crippen LogP contribution in [0.25, 0.3) is 10.2 Å². The van der Waals surface area contributed by atoms with Gasteiger partial charge in [-0.15, -0.1) is 0 Å². The van der Waals surface area contributed by atoms with Gasteiger partial charge in [-0.1, -0.05) is 23.5 Å². The molecule has 0 saturated heterocycles. The maximum absolute atomic E-state index is 13.3. The van der Waals surface area contributed by atoms with E-state index in [1.54, 1.807) is 41.6 Å². The number of thiazole rings is 1. The number of aromatic nitrogens is 2. The number of fused-ring (bicyclic) bond motifs is 1. The fourth-order valence-corrected chi connectivity index (χ4v) is 3.83. The van der Waals surface area contributed by atoms with E-state index in [9.17, 15) is 4.79 Å². The van der Waals surface area contributed by atoms with Gasteiger partial charge in [0.1, 0.15) is 0 Å². The van der Waals surface area contributed by atoms with Crippen molar-refractivity contribution in [2.45, 2.75) is 13.5 Å². The molecule has 0 aliphatic carbocycles. The van der Waals surface area contributed by atoms with E-state index in [1.165, 1.54) is 11.3 Å². The Hall–Kier alpha value is -3.56. The second kappa shape index (κ2) is 7.59. The summed E-state index contributed by atoms with van der Waals surface area (Å²) in [7, 11) is 0. The van der Waals surface area contributed by atoms with E-state index in [-0.39, 0.29) is 5.91 Å². The molecule has 0 atom stereocenters. The Morgan fingerprint density at radius 3 is 2.71 bits per heavy atom. The first-order chi connectivity index (χ1) is 13.6. The Balaban J connectivity index is 1.75. The van der Waals surface area contributed by atoms with Crippen LogP contribution in [-0.2, 0) is 6.54 Å². The second-order valence-corrected chi connectivity index (χ2v) is 7.42. The molecule has 0 saturated carbocycles. The molecule has 0 aliphatic rings. The van der Waals surface area contributed by atoms with Gasteiger partial charge in [0.2, 0.25) is 0 Å². The molecule has 2 heterocycles. The van der Waals surface area contributed by atoms with Crippen LogP contribution in [0.3, 0.4) is 0 Å². The minimum Gasteiger partial charge on any atom is -0.279 e. The SMILES string of the molecule is Cc1ccc2sc(N(Cc3cccnc3)C(=O)c3ccc(C#N)cc3)nc2c1. The number of hydrogen-bond donors (Lipinski definition) is 0. The van der Waals surface area contributed by atoms with Gasteiger partial charge in [-0.3, -0.25) is 14.7 Å². The van der Waals surface area contributed by atoms with E-state index in [4.69, 9.17) is 10.2 Å². The van der Waals surface area contributed by atoms with Crippen molar-refractivity contribution >= 4 is 32.6 Å². The Morgan fingerprint density at radius 2 is 2.00 bits per heavy atom. The van der Waals surface area contributed by atoms with Crippen LogP contribution < -0.4 is 4.90 Å². The summed E-state index contributed by atoms with van der Waals surface area (Å²) < 4.78 is 1.03. The van der Waals surface area contributed by atoms with Crippen LogP contribution in [0.1, 0.15) is 27.0 Å². The van der Waals surface area contributed by atoms with Crippen molar-refractivity contribution in [1.29, 1.82) is 5.26 Å². The molecule has 5 nitrogen and oxygen atoms in total. The third-order valence-electron chi connectivity index (χ3n) is 4.33. The summed E-state index contributed by atoms with van der Waals surface area (Å²) in [6.07, 6.45) is 3.45. The highest BCUT2D eigenvalue weighted by molar-refractivity contribution is 7.22. The summed E-state index contributed by atoms with van der Waals surface area (Å²) in [6.45, 7) is 2.39. The maximum Gasteiger partial charge on any atom is 0.260 e. The van der Waals surface area contributed by atoms with Crippen molar-refractivity contribution < 1.29 is 4.79 Å². The standard InChI is InChI=1S/C22H16N4OS/c1-15-4-9-20-19(11-15)25-22(28-20)26(14-17-3-2-10-24-13-17)21(27)18-7-5-16(12-23)6-8-18/h2-11,13H,14H2,1H3. The van der Waals surface area contributed by atoms with E-state index in [1.807, 2.05) is 37.3 Å². The molecule has 0 N–H and O–H groups in total. The van der Waals surface area contributed by atoms with Gasteiger partial charge in [0.05, 0.1) is 28.4 Å². The zero-order valence-electron chi connectivity index (χ0n) is 15.2. The number of carbonyl (C=O) groups is 1. The minimum absolute atomic E-state index is 0.163. The highest BCUT2D eigenvalue weighted by atomic mass is 32.1. The van der Waals surface area contributed by atoms with Gasteiger partial charge in [0.25, 0.3) is 5.91 Å². The quantitative estimate of drug-likeness (QED) is 0.510. The number of hydrogen-bond acceptors (Lipinski definition) is 5. The van der Waals surface area contributed by atoms with Crippen LogP contribution in [0.4, 0.5) is 5.13 Å². The average Bonchev–Trinajstić information content (AvgIpc) is 3.15. The predicted octanol–water partition coefficient (Wildman–Crippen LogP) is 4.72. The second-order valence-electron chi connectivity index (χ2n) is 6.41. The fraction of sp³-hybridized carbons (Fsp3) is 0.0909. The third kappa shape index (κ3) is 3.61. The summed E-state index contributed by atoms with van der Waals surface area (Å²) in [4.78, 5) is 23.8. The molecule has 4 aromatic rings. The van der Waals surface area contributed by atoms with Crippen molar-refractivity contribution in [3.8, 4) is 6.07 Å². The lowest BCUT2D eigenvalue weighted by molar-refractivity contribution is 0.0985. The molecule has 2 aromatic heterocycles. The fourth-order valence-electron chi connectivity index (χ4n) is 2.88. The first-order valence-electron chi connectivity index (χ1n) is 8.72. The molecule has 0 fully saturated rings. The molecule has 0 bridgehead atoms. The monoisotopic (exact) mass is 384 g/mol. The van der Waals surface area contributed by atoms with Crippen molar-refractivity contribution in [3.05, 3.63) is 89.2 Å². The number of aryl methyl sites for hydroxylation is 1. The highest BCUT2D eigenvalue weighted by Gasteiger charge is 2.22. The van der Waals surface area contributed by atoms with Crippen LogP contribution in [0.5, 0.6) is 0 Å². The summed E-state index contributed by atoms with van der Waals surface area (Å²) >= 11 is 1.49. The van der Waals surface area contributed by atoms with Crippen molar-refractivity contribution in [3.63, 3.8) is 0 Å². The molecule has 6 heteroatoms. The first kappa shape index (κ1) is 17.8. The van der Waals surface area contributed by atoms with Crippen molar-refractivity contribution in [1.82, 2.24) is 9.97 Å². The summed E-state index contributed by atoms with van der Waals surface area (Å²) in [5, 5.41) is 9.63. The van der Waals surface area contributed by atoms with Gasteiger partial charge >= 0.3 is 0 Å². The van der Waals surface area contributed by atoms with E-state index < -0.39 is 0 Å². The zero-order valence-corrected chi connectivity index (χ0v) is 16.0. The Morgan fingerprint density at radius 1 is 1.18 bits per heavy atom. The van der Waals surface area contributed by atoms with Gasteiger partial charge in [-0.05, 0) is 60.5 Å². The Bertz CT molecular complexity index is 1180. The van der Waals surface area contributed by atoms with Crippen LogP contribution in [0.15, 0.2) is 67.0 Å². The largest absolute Gasteiger partial charge is 0.279 e. The molecule has 0 aliphatic heterocycles. The van der Waals surface area contributed by atoms with Gasteiger partial charge in [-0.2, -0.15) is 5.26 Å². The smallest absolute Gasteiger partial charge is 0.260 e. The molecule has 1 amide bonds. The van der Waals surface area contributed by atoms with Gasteiger partial charge in [-0.25, -0.2) is 4.98 Å². The summed E-state index contributed by atoms with van der Waals surface area (Å²) in [6, 6.07) is 18.6. The number of benzene rings is 2. The number of amides is 1. The molecule has 2 aromatic carbocycles. The van der Waals surface area contributed by atoms with Crippen molar-refractivity contribution in [2.24, 2.45) is 0 Å². The number of anilines is 1. The lowest BCUT2D eigenvalue weighted by Crippen LogP contribution is -2.30. The molecule has 0 radical (unpaired) electrons. The maximum atomic E-state index is 13.3. The number of carbonyl (C=O) groups excluding carboxylic acids is 1. The summed E-state index contributed by atoms with van der Waals surface area (Å²) in [5.74, 6) is -0.163. The summed E-state index contributed by atoms with van der Waals surface area (Å²) in [5.41, 5.74) is 3.95. The molecule has 28 heavy (non-hydrogen) atoms. The van der Waals surface area contributed by atoms with Gasteiger partial charge in [0, 0.05) is 18.0 Å². The normalized spacial score (nSPS) is 10.6. The average molecular weight is 384 g/mol. The molecule has 136 valence electrons. The van der Waals surface area contributed by atoms with E-state index >= 15 is 0 Å². The van der Waals surface area contributed by atoms with E-state index in [0.29, 0.717) is 22.8 Å². The topological polar surface area (TPSA) is 69.9 Å². The third-order valence-corrected chi connectivity index (χ3v) is 5.39. The predicted molar refractivity (Wildman–Crippen MR) is 110 cm³/mol. The molecule has 4 rings (SSSR count). The molecule has 0 spiro atoms. The molecular weight excluding hydrogens is 368 g/mol. The highest BCUT2D eigenvalue weighted by Crippen LogP contribution is 2.31. The van der Waals surface area contributed by atoms with E-state index in [2.05, 4.69) is 11.1 Å². The number of nitriles is 1. The van der Waals surface area contributed by atoms with Crippen LogP contribution in [0, 0.1) is 18.3 Å². The van der Waals surface area contributed by atoms with Gasteiger partial charge < -0.3 is 0 Å². The van der Waals surface area contributed by atoms with E-state index in [0.717, 1.165) is 21.3 Å². The zero-order chi connectivity index (χ0) is 19.5. The van der Waals surface area contributed by atoms with Crippen molar-refractivity contribution in [2.75, 3.05) is 4.90 Å². The van der Waals surface area contributed by atoms with Crippen LogP contribution in [-0.4, -0.2) is 15.9 Å². The van der Waals surface area contributed by atoms with Gasteiger partial charge in [0.15, 0.2) is 5.13 Å². The number of pyridine rings is 1. The molecule has 0 unspecified atom stereocenters. The molecular formula is C22H16N4OS. The minimum atomic E-state index is -0.163.